The van der Waals surface area contributed by atoms with Gasteiger partial charge in [0.15, 0.2) is 0 Å². The van der Waals surface area contributed by atoms with Crippen LogP contribution in [0, 0.1) is 5.92 Å². The second-order valence-electron chi connectivity index (χ2n) is 8.45. The smallest absolute Gasteiger partial charge is 0.320 e. The van der Waals surface area contributed by atoms with Gasteiger partial charge in [-0.2, -0.15) is 0 Å². The molecule has 0 aromatic heterocycles. The molecule has 0 aliphatic carbocycles. The van der Waals surface area contributed by atoms with Gasteiger partial charge in [-0.15, -0.1) is 0 Å². The third-order valence-electron chi connectivity index (χ3n) is 6.40. The van der Waals surface area contributed by atoms with E-state index in [2.05, 4.69) is 29.0 Å². The van der Waals surface area contributed by atoms with Crippen LogP contribution in [0.5, 0.6) is 0 Å². The molecule has 4 fully saturated rings. The van der Waals surface area contributed by atoms with Gasteiger partial charge < -0.3 is 19.9 Å². The van der Waals surface area contributed by atoms with Gasteiger partial charge in [0.05, 0.1) is 5.54 Å². The summed E-state index contributed by atoms with van der Waals surface area (Å²) in [5, 5.41) is 3.74. The van der Waals surface area contributed by atoms with E-state index in [1.54, 1.807) is 0 Å². The SMILES string of the molecule is CC(C)N1C(=O)N(CC2CCOCC2)CC12CC1CCC(C2)N1. The summed E-state index contributed by atoms with van der Waals surface area (Å²) in [7, 11) is 0. The van der Waals surface area contributed by atoms with Crippen molar-refractivity contribution in [2.45, 2.75) is 76.0 Å². The van der Waals surface area contributed by atoms with Gasteiger partial charge in [0.1, 0.15) is 0 Å². The van der Waals surface area contributed by atoms with Gasteiger partial charge in [-0.05, 0) is 58.3 Å². The van der Waals surface area contributed by atoms with Crippen LogP contribution in [-0.4, -0.2) is 65.8 Å². The number of hydrogen-bond donors (Lipinski definition) is 1. The zero-order valence-electron chi connectivity index (χ0n) is 14.6. The fourth-order valence-electron chi connectivity index (χ4n) is 5.56. The normalized spacial score (nSPS) is 38.3. The predicted molar refractivity (Wildman–Crippen MR) is 89.4 cm³/mol. The van der Waals surface area contributed by atoms with Crippen LogP contribution in [0.15, 0.2) is 0 Å². The van der Waals surface area contributed by atoms with Crippen molar-refractivity contribution in [1.29, 1.82) is 0 Å². The van der Waals surface area contributed by atoms with E-state index >= 15 is 0 Å². The molecule has 2 bridgehead atoms. The summed E-state index contributed by atoms with van der Waals surface area (Å²) in [5.41, 5.74) is 0.0769. The van der Waals surface area contributed by atoms with E-state index in [4.69, 9.17) is 4.74 Å². The molecule has 4 heterocycles. The lowest BCUT2D eigenvalue weighted by atomic mass is 9.82. The van der Waals surface area contributed by atoms with Gasteiger partial charge in [0.25, 0.3) is 0 Å². The van der Waals surface area contributed by atoms with Crippen molar-refractivity contribution in [3.05, 3.63) is 0 Å². The number of rotatable bonds is 3. The summed E-state index contributed by atoms with van der Waals surface area (Å²) < 4.78 is 5.47. The lowest BCUT2D eigenvalue weighted by Crippen LogP contribution is -2.59. The molecule has 2 unspecified atom stereocenters. The molecule has 4 saturated heterocycles. The Morgan fingerprint density at radius 3 is 2.43 bits per heavy atom. The van der Waals surface area contributed by atoms with E-state index in [1.165, 1.54) is 12.8 Å². The van der Waals surface area contributed by atoms with Crippen molar-refractivity contribution < 1.29 is 9.53 Å². The number of piperidine rings is 1. The third-order valence-corrected chi connectivity index (χ3v) is 6.40. The lowest BCUT2D eigenvalue weighted by molar-refractivity contribution is 0.0569. The van der Waals surface area contributed by atoms with E-state index in [0.717, 1.165) is 52.0 Å². The third kappa shape index (κ3) is 2.76. The van der Waals surface area contributed by atoms with Crippen LogP contribution < -0.4 is 5.32 Å². The van der Waals surface area contributed by atoms with Crippen LogP contribution in [0.2, 0.25) is 0 Å². The maximum atomic E-state index is 13.1. The Morgan fingerprint density at radius 2 is 1.83 bits per heavy atom. The molecule has 23 heavy (non-hydrogen) atoms. The molecule has 1 N–H and O–H groups in total. The maximum absolute atomic E-state index is 13.1. The van der Waals surface area contributed by atoms with E-state index in [-0.39, 0.29) is 11.6 Å². The van der Waals surface area contributed by atoms with Crippen LogP contribution >= 0.6 is 0 Å². The highest BCUT2D eigenvalue weighted by Crippen LogP contribution is 2.43. The molecule has 0 aromatic carbocycles. The number of hydrogen-bond acceptors (Lipinski definition) is 3. The first-order chi connectivity index (χ1) is 11.1. The first-order valence-corrected chi connectivity index (χ1v) is 9.49. The molecule has 2 amide bonds. The number of nitrogens with one attached hydrogen (secondary N) is 1. The monoisotopic (exact) mass is 321 g/mol. The second-order valence-corrected chi connectivity index (χ2v) is 8.45. The first kappa shape index (κ1) is 15.7. The minimum Gasteiger partial charge on any atom is -0.381 e. The number of carbonyl (C=O) groups is 1. The number of ether oxygens (including phenoxy) is 1. The summed E-state index contributed by atoms with van der Waals surface area (Å²) in [6.45, 7) is 7.95. The molecular weight excluding hydrogens is 290 g/mol. The molecule has 5 nitrogen and oxygen atoms in total. The summed E-state index contributed by atoms with van der Waals surface area (Å²) in [5.74, 6) is 0.621. The molecule has 0 saturated carbocycles. The molecule has 130 valence electrons. The van der Waals surface area contributed by atoms with Crippen molar-refractivity contribution in [1.82, 2.24) is 15.1 Å². The van der Waals surface area contributed by atoms with Gasteiger partial charge in [0.2, 0.25) is 0 Å². The lowest BCUT2D eigenvalue weighted by Gasteiger charge is -2.45. The largest absolute Gasteiger partial charge is 0.381 e. The highest BCUT2D eigenvalue weighted by atomic mass is 16.5. The van der Waals surface area contributed by atoms with Crippen molar-refractivity contribution >= 4 is 6.03 Å². The summed E-state index contributed by atoms with van der Waals surface area (Å²) >= 11 is 0. The molecule has 4 rings (SSSR count). The Labute approximate surface area is 139 Å². The topological polar surface area (TPSA) is 44.8 Å². The quantitative estimate of drug-likeness (QED) is 0.867. The standard InChI is InChI=1S/C18H31N3O2/c1-13(2)21-17(22)20(11-14-5-7-23-8-6-14)12-18(21)9-15-3-4-16(10-18)19-15/h13-16,19H,3-12H2,1-2H3. The van der Waals surface area contributed by atoms with Crippen molar-refractivity contribution in [3.8, 4) is 0 Å². The number of nitrogens with zero attached hydrogens (tertiary/aromatic N) is 2. The number of fused-ring (bicyclic) bond motifs is 2. The minimum absolute atomic E-state index is 0.0769. The molecule has 4 aliphatic heterocycles. The predicted octanol–water partition coefficient (Wildman–Crippen LogP) is 2.21. The summed E-state index contributed by atoms with van der Waals surface area (Å²) in [6.07, 6.45) is 7.05. The first-order valence-electron chi connectivity index (χ1n) is 9.49. The van der Waals surface area contributed by atoms with Crippen LogP contribution in [0.25, 0.3) is 0 Å². The number of amides is 2. The Balaban J connectivity index is 1.53. The van der Waals surface area contributed by atoms with E-state index < -0.39 is 0 Å². The van der Waals surface area contributed by atoms with Crippen LogP contribution in [0.3, 0.4) is 0 Å². The van der Waals surface area contributed by atoms with Crippen molar-refractivity contribution in [2.24, 2.45) is 5.92 Å². The average molecular weight is 321 g/mol. The fraction of sp³-hybridized carbons (Fsp3) is 0.944. The summed E-state index contributed by atoms with van der Waals surface area (Å²) in [4.78, 5) is 17.5. The van der Waals surface area contributed by atoms with Gasteiger partial charge in [0, 0.05) is 44.4 Å². The van der Waals surface area contributed by atoms with Crippen LogP contribution in [-0.2, 0) is 4.74 Å². The van der Waals surface area contributed by atoms with Gasteiger partial charge in [-0.1, -0.05) is 0 Å². The van der Waals surface area contributed by atoms with E-state index in [0.29, 0.717) is 24.0 Å². The summed E-state index contributed by atoms with van der Waals surface area (Å²) in [6, 6.07) is 1.81. The van der Waals surface area contributed by atoms with Gasteiger partial charge in [-0.3, -0.25) is 0 Å². The molecule has 0 radical (unpaired) electrons. The fourth-order valence-corrected chi connectivity index (χ4v) is 5.56. The number of carbonyl (C=O) groups excluding carboxylic acids is 1. The molecule has 1 spiro atoms. The van der Waals surface area contributed by atoms with E-state index in [1.807, 2.05) is 0 Å². The molecule has 0 aromatic rings. The highest BCUT2D eigenvalue weighted by Gasteiger charge is 2.55. The van der Waals surface area contributed by atoms with Crippen molar-refractivity contribution in [2.75, 3.05) is 26.3 Å². The van der Waals surface area contributed by atoms with Gasteiger partial charge in [-0.25, -0.2) is 4.79 Å². The molecule has 2 atom stereocenters. The zero-order valence-corrected chi connectivity index (χ0v) is 14.6. The molecule has 4 aliphatic rings. The molecule has 5 heteroatoms. The number of urea groups is 1. The van der Waals surface area contributed by atoms with Gasteiger partial charge >= 0.3 is 6.03 Å². The Kier molecular flexibility index (Phi) is 4.04. The Bertz CT molecular complexity index is 449. The second kappa shape index (κ2) is 5.92. The Hall–Kier alpha value is -0.810. The van der Waals surface area contributed by atoms with Crippen LogP contribution in [0.4, 0.5) is 4.79 Å². The molecular formula is C18H31N3O2. The van der Waals surface area contributed by atoms with E-state index in [9.17, 15) is 4.79 Å². The zero-order chi connectivity index (χ0) is 16.0. The minimum atomic E-state index is 0.0769. The average Bonchev–Trinajstić information content (AvgIpc) is 2.98. The highest BCUT2D eigenvalue weighted by molar-refractivity contribution is 5.78. The van der Waals surface area contributed by atoms with Crippen molar-refractivity contribution in [3.63, 3.8) is 0 Å². The maximum Gasteiger partial charge on any atom is 0.320 e. The Morgan fingerprint density at radius 1 is 1.17 bits per heavy atom. The van der Waals surface area contributed by atoms with Crippen LogP contribution in [0.1, 0.15) is 52.4 Å².